The Kier molecular flexibility index (Phi) is 7.27. The molecule has 3 heterocycles. The zero-order valence-electron chi connectivity index (χ0n) is 20.4. The third kappa shape index (κ3) is 4.83. The Morgan fingerprint density at radius 2 is 1.97 bits per heavy atom. The Morgan fingerprint density at radius 3 is 2.59 bits per heavy atom. The van der Waals surface area contributed by atoms with E-state index in [0.29, 0.717) is 19.7 Å². The third-order valence-corrected chi connectivity index (χ3v) is 6.76. The number of carbonyl (C=O) groups excluding carboxylic acids is 3. The first kappa shape index (κ1) is 24.3. The molecule has 0 aromatic heterocycles. The summed E-state index contributed by atoms with van der Waals surface area (Å²) < 4.78 is 11.0. The van der Waals surface area contributed by atoms with Crippen LogP contribution in [0.25, 0.3) is 0 Å². The van der Waals surface area contributed by atoms with Crippen LogP contribution in [0.4, 0.5) is 4.79 Å². The summed E-state index contributed by atoms with van der Waals surface area (Å²) in [7, 11) is 3.34. The molecule has 186 valence electrons. The minimum atomic E-state index is -0.613. The molecule has 3 atom stereocenters. The number of likely N-dealkylation sites (N-methyl/N-ethyl adjacent to an activating group) is 1. The van der Waals surface area contributed by atoms with E-state index in [0.717, 1.165) is 24.2 Å². The van der Waals surface area contributed by atoms with E-state index in [4.69, 9.17) is 9.47 Å². The maximum Gasteiger partial charge on any atom is 0.334 e. The second-order valence-corrected chi connectivity index (χ2v) is 9.52. The highest BCUT2D eigenvalue weighted by Crippen LogP contribution is 2.30. The van der Waals surface area contributed by atoms with Crippen LogP contribution in [0, 0.1) is 5.92 Å². The van der Waals surface area contributed by atoms with Crippen molar-refractivity contribution in [3.05, 3.63) is 29.8 Å². The Morgan fingerprint density at radius 1 is 1.24 bits per heavy atom. The summed E-state index contributed by atoms with van der Waals surface area (Å²) in [6.45, 7) is 5.69. The summed E-state index contributed by atoms with van der Waals surface area (Å²) in [5, 5.41) is 6.19. The average molecular weight is 474 g/mol. The number of nitrogens with one attached hydrogen (secondary N) is 1. The van der Waals surface area contributed by atoms with Crippen molar-refractivity contribution in [2.24, 2.45) is 5.92 Å². The van der Waals surface area contributed by atoms with Crippen LogP contribution in [0.3, 0.4) is 0 Å². The molecule has 3 aliphatic heterocycles. The Bertz CT molecular complexity index is 902. The number of piperazine rings is 1. The minimum Gasteiger partial charge on any atom is -0.497 e. The first-order valence-corrected chi connectivity index (χ1v) is 11.9. The van der Waals surface area contributed by atoms with E-state index in [1.54, 1.807) is 34.0 Å². The summed E-state index contributed by atoms with van der Waals surface area (Å²) in [4.78, 5) is 43.2. The Hall–Kier alpha value is -2.85. The molecule has 3 fully saturated rings. The number of methoxy groups -OCH3 is 1. The summed E-state index contributed by atoms with van der Waals surface area (Å²) in [5.74, 6) is 0.450. The average Bonchev–Trinajstić information content (AvgIpc) is 3.32. The molecule has 1 aromatic carbocycles. The van der Waals surface area contributed by atoms with Crippen LogP contribution in [0.5, 0.6) is 5.75 Å². The smallest absolute Gasteiger partial charge is 0.334 e. The Labute approximate surface area is 200 Å². The van der Waals surface area contributed by atoms with Crippen LogP contribution in [0.15, 0.2) is 24.3 Å². The zero-order chi connectivity index (χ0) is 24.4. The van der Waals surface area contributed by atoms with E-state index in [-0.39, 0.29) is 43.0 Å². The number of fused-ring (bicyclic) bond motifs is 1. The molecule has 0 bridgehead atoms. The van der Waals surface area contributed by atoms with Crippen molar-refractivity contribution in [1.29, 1.82) is 0 Å². The molecule has 10 nitrogen and oxygen atoms in total. The number of hydrazine groups is 1. The van der Waals surface area contributed by atoms with Gasteiger partial charge in [0.15, 0.2) is 0 Å². The van der Waals surface area contributed by atoms with Gasteiger partial charge in [0.25, 0.3) is 0 Å². The summed E-state index contributed by atoms with van der Waals surface area (Å²) >= 11 is 0. The van der Waals surface area contributed by atoms with Gasteiger partial charge in [-0.05, 0) is 36.5 Å². The molecule has 34 heavy (non-hydrogen) atoms. The number of amides is 4. The molecular formula is C24H35N5O5. The van der Waals surface area contributed by atoms with Gasteiger partial charge in [-0.15, -0.1) is 0 Å². The van der Waals surface area contributed by atoms with Crippen molar-refractivity contribution in [2.45, 2.75) is 51.5 Å². The van der Waals surface area contributed by atoms with Gasteiger partial charge < -0.3 is 24.6 Å². The molecule has 1 aromatic rings. The number of carbonyl (C=O) groups is 3. The normalized spacial score (nSPS) is 25.7. The van der Waals surface area contributed by atoms with Crippen molar-refractivity contribution in [1.82, 2.24) is 25.1 Å². The number of hydrogen-bond donors (Lipinski definition) is 1. The van der Waals surface area contributed by atoms with E-state index < -0.39 is 12.2 Å². The summed E-state index contributed by atoms with van der Waals surface area (Å²) in [6.07, 6.45) is 1.32. The molecule has 10 heteroatoms. The highest BCUT2D eigenvalue weighted by Gasteiger charge is 2.51. The summed E-state index contributed by atoms with van der Waals surface area (Å²) in [6, 6.07) is 6.56. The highest BCUT2D eigenvalue weighted by molar-refractivity contribution is 5.91. The van der Waals surface area contributed by atoms with Crippen LogP contribution in [-0.2, 0) is 20.9 Å². The molecule has 4 amide bonds. The van der Waals surface area contributed by atoms with Gasteiger partial charge in [0.1, 0.15) is 18.0 Å². The van der Waals surface area contributed by atoms with Gasteiger partial charge in [-0.3, -0.25) is 9.59 Å². The molecule has 1 N–H and O–H groups in total. The van der Waals surface area contributed by atoms with Gasteiger partial charge in [-0.1, -0.05) is 26.0 Å². The number of nitrogens with zero attached hydrogens (tertiary/aromatic N) is 4. The highest BCUT2D eigenvalue weighted by atomic mass is 16.5. The van der Waals surface area contributed by atoms with E-state index >= 15 is 0 Å². The van der Waals surface area contributed by atoms with E-state index in [9.17, 15) is 14.4 Å². The topological polar surface area (TPSA) is 94.7 Å². The lowest BCUT2D eigenvalue weighted by atomic mass is 9.96. The van der Waals surface area contributed by atoms with Crippen LogP contribution in [-0.4, -0.2) is 96.4 Å². The molecule has 3 saturated heterocycles. The van der Waals surface area contributed by atoms with Crippen LogP contribution in [0.1, 0.15) is 32.3 Å². The third-order valence-electron chi connectivity index (χ3n) is 6.76. The number of rotatable bonds is 6. The lowest BCUT2D eigenvalue weighted by molar-refractivity contribution is -0.191. The summed E-state index contributed by atoms with van der Waals surface area (Å²) in [5.41, 5.74) is 0.931. The quantitative estimate of drug-likeness (QED) is 0.669. The number of ether oxygens (including phenoxy) is 2. The van der Waals surface area contributed by atoms with Crippen molar-refractivity contribution in [2.75, 3.05) is 40.4 Å². The van der Waals surface area contributed by atoms with Crippen LogP contribution in [0.2, 0.25) is 0 Å². The molecule has 0 spiro atoms. The number of benzene rings is 1. The number of hydrogen-bond acceptors (Lipinski definition) is 6. The minimum absolute atomic E-state index is 0.00215. The van der Waals surface area contributed by atoms with E-state index in [1.165, 1.54) is 0 Å². The zero-order valence-corrected chi connectivity index (χ0v) is 20.4. The first-order valence-electron chi connectivity index (χ1n) is 11.9. The molecule has 0 aliphatic carbocycles. The van der Waals surface area contributed by atoms with Gasteiger partial charge in [0, 0.05) is 26.7 Å². The van der Waals surface area contributed by atoms with Gasteiger partial charge in [-0.25, -0.2) is 14.8 Å². The lowest BCUT2D eigenvalue weighted by Gasteiger charge is -2.55. The van der Waals surface area contributed by atoms with Crippen LogP contribution >= 0.6 is 0 Å². The SMILES string of the molecule is COc1ccc(CNC(=O)N2[C@H]3CN(CC4CCCO4)C(=O)[C@H](C(C)C)N3C(=O)CN2C)cc1. The maximum absolute atomic E-state index is 13.4. The van der Waals surface area contributed by atoms with Gasteiger partial charge in [-0.2, -0.15) is 0 Å². The molecule has 1 unspecified atom stereocenters. The fourth-order valence-electron chi connectivity index (χ4n) is 5.06. The van der Waals surface area contributed by atoms with E-state index in [2.05, 4.69) is 5.32 Å². The molecule has 0 radical (unpaired) electrons. The Balaban J connectivity index is 1.54. The van der Waals surface area contributed by atoms with Crippen molar-refractivity contribution < 1.29 is 23.9 Å². The first-order chi connectivity index (χ1) is 16.3. The monoisotopic (exact) mass is 473 g/mol. The van der Waals surface area contributed by atoms with Crippen molar-refractivity contribution in [3.63, 3.8) is 0 Å². The predicted octanol–water partition coefficient (Wildman–Crippen LogP) is 1.27. The van der Waals surface area contributed by atoms with Gasteiger partial charge in [0.05, 0.1) is 26.3 Å². The standard InChI is InChI=1S/C24H35N5O5/c1-16(2)22-23(31)27(13-19-6-5-11-34-19)14-20-28(22)21(30)15-26(3)29(20)24(32)25-12-17-7-9-18(33-4)10-8-17/h7-10,16,19-20,22H,5-6,11-15H2,1-4H3,(H,25,32)/t19?,20-,22-/m0/s1. The van der Waals surface area contributed by atoms with E-state index in [1.807, 2.05) is 38.1 Å². The predicted molar refractivity (Wildman–Crippen MR) is 125 cm³/mol. The van der Waals surface area contributed by atoms with Gasteiger partial charge >= 0.3 is 6.03 Å². The molecule has 0 saturated carbocycles. The maximum atomic E-state index is 13.4. The van der Waals surface area contributed by atoms with Crippen molar-refractivity contribution in [3.8, 4) is 5.75 Å². The van der Waals surface area contributed by atoms with Gasteiger partial charge in [0.2, 0.25) is 11.8 Å². The molecular weight excluding hydrogens is 438 g/mol. The fourth-order valence-corrected chi connectivity index (χ4v) is 5.06. The largest absolute Gasteiger partial charge is 0.497 e. The fraction of sp³-hybridized carbons (Fsp3) is 0.625. The lowest BCUT2D eigenvalue weighted by Crippen LogP contribution is -2.76. The molecule has 4 rings (SSSR count). The van der Waals surface area contributed by atoms with Crippen molar-refractivity contribution >= 4 is 17.8 Å². The second-order valence-electron chi connectivity index (χ2n) is 9.52. The molecule has 3 aliphatic rings. The van der Waals surface area contributed by atoms with Crippen LogP contribution < -0.4 is 10.1 Å². The second kappa shape index (κ2) is 10.2. The number of urea groups is 1.